The highest BCUT2D eigenvalue weighted by atomic mass is 16.5. The summed E-state index contributed by atoms with van der Waals surface area (Å²) in [7, 11) is 2.14. The Morgan fingerprint density at radius 2 is 2.31 bits per heavy atom. The molecule has 0 amide bonds. The van der Waals surface area contributed by atoms with Crippen LogP contribution in [0.4, 0.5) is 0 Å². The molecule has 1 fully saturated rings. The van der Waals surface area contributed by atoms with Crippen molar-refractivity contribution in [3.63, 3.8) is 0 Å². The summed E-state index contributed by atoms with van der Waals surface area (Å²) in [6.07, 6.45) is 2.36. The zero-order chi connectivity index (χ0) is 11.1. The summed E-state index contributed by atoms with van der Waals surface area (Å²) in [5, 5.41) is 9.98. The lowest BCUT2D eigenvalue weighted by Gasteiger charge is -2.42. The SMILES string of the molecule is CN1CCC[C@@H]2c3c(O)cccc3OC[C@H]21. The van der Waals surface area contributed by atoms with E-state index in [0.29, 0.717) is 17.7 Å². The summed E-state index contributed by atoms with van der Waals surface area (Å²) in [5.74, 6) is 1.70. The van der Waals surface area contributed by atoms with Crippen LogP contribution in [0.3, 0.4) is 0 Å². The molecule has 1 aromatic carbocycles. The molecule has 0 aromatic heterocycles. The second-order valence-corrected chi connectivity index (χ2v) is 4.80. The lowest BCUT2D eigenvalue weighted by molar-refractivity contribution is 0.0853. The number of fused-ring (bicyclic) bond motifs is 3. The highest BCUT2D eigenvalue weighted by Crippen LogP contribution is 2.44. The molecule has 0 bridgehead atoms. The van der Waals surface area contributed by atoms with Gasteiger partial charge in [-0.25, -0.2) is 0 Å². The number of benzene rings is 1. The van der Waals surface area contributed by atoms with Gasteiger partial charge in [0.15, 0.2) is 0 Å². The molecular formula is C13H17NO2. The first kappa shape index (κ1) is 9.97. The number of hydrogen-bond acceptors (Lipinski definition) is 3. The number of rotatable bonds is 0. The molecule has 1 saturated heterocycles. The van der Waals surface area contributed by atoms with Gasteiger partial charge in [0.1, 0.15) is 18.1 Å². The zero-order valence-corrected chi connectivity index (χ0v) is 9.52. The van der Waals surface area contributed by atoms with Crippen molar-refractivity contribution < 1.29 is 9.84 Å². The molecule has 16 heavy (non-hydrogen) atoms. The summed E-state index contributed by atoms with van der Waals surface area (Å²) in [6.45, 7) is 1.88. The topological polar surface area (TPSA) is 32.7 Å². The van der Waals surface area contributed by atoms with Crippen LogP contribution in [0.25, 0.3) is 0 Å². The van der Waals surface area contributed by atoms with E-state index in [1.54, 1.807) is 6.07 Å². The van der Waals surface area contributed by atoms with Crippen molar-refractivity contribution in [3.05, 3.63) is 23.8 Å². The van der Waals surface area contributed by atoms with Crippen molar-refractivity contribution >= 4 is 0 Å². The quantitative estimate of drug-likeness (QED) is 0.724. The van der Waals surface area contributed by atoms with Crippen LogP contribution in [-0.2, 0) is 0 Å². The fourth-order valence-electron chi connectivity index (χ4n) is 3.01. The second-order valence-electron chi connectivity index (χ2n) is 4.80. The Labute approximate surface area is 95.6 Å². The van der Waals surface area contributed by atoms with Crippen LogP contribution in [0.15, 0.2) is 18.2 Å². The van der Waals surface area contributed by atoms with Crippen LogP contribution in [0.1, 0.15) is 24.3 Å². The number of phenolic OH excluding ortho intramolecular Hbond substituents is 1. The lowest BCUT2D eigenvalue weighted by Crippen LogP contribution is -2.47. The van der Waals surface area contributed by atoms with E-state index in [9.17, 15) is 5.11 Å². The average molecular weight is 219 g/mol. The molecule has 0 aliphatic carbocycles. The molecule has 3 nitrogen and oxygen atoms in total. The Bertz CT molecular complexity index is 405. The maximum absolute atomic E-state index is 9.98. The van der Waals surface area contributed by atoms with Gasteiger partial charge in [-0.15, -0.1) is 0 Å². The normalized spacial score (nSPS) is 29.1. The number of aromatic hydroxyl groups is 1. The minimum Gasteiger partial charge on any atom is -0.508 e. The largest absolute Gasteiger partial charge is 0.508 e. The fraction of sp³-hybridized carbons (Fsp3) is 0.538. The van der Waals surface area contributed by atoms with Gasteiger partial charge in [0.2, 0.25) is 0 Å². The van der Waals surface area contributed by atoms with Crippen LogP contribution in [0, 0.1) is 0 Å². The predicted molar refractivity (Wildman–Crippen MR) is 62.0 cm³/mol. The number of nitrogens with zero attached hydrogens (tertiary/aromatic N) is 1. The number of piperidine rings is 1. The predicted octanol–water partition coefficient (Wildman–Crippen LogP) is 1.96. The third-order valence-corrected chi connectivity index (χ3v) is 3.88. The summed E-state index contributed by atoms with van der Waals surface area (Å²) in [4.78, 5) is 2.35. The minimum atomic E-state index is 0.391. The number of likely N-dealkylation sites (N-methyl/N-ethyl adjacent to an activating group) is 1. The molecule has 0 unspecified atom stereocenters. The number of ether oxygens (including phenoxy) is 1. The Morgan fingerprint density at radius 3 is 3.19 bits per heavy atom. The average Bonchev–Trinajstić information content (AvgIpc) is 2.29. The first-order valence-electron chi connectivity index (χ1n) is 5.92. The molecule has 2 atom stereocenters. The van der Waals surface area contributed by atoms with Crippen LogP contribution in [0.2, 0.25) is 0 Å². The standard InChI is InChI=1S/C13H17NO2/c1-14-7-3-4-9-10(14)8-16-12-6-2-5-11(15)13(9)12/h2,5-6,9-10,15H,3-4,7-8H2,1H3/t9-,10+/m0/s1. The summed E-state index contributed by atoms with van der Waals surface area (Å²) in [6, 6.07) is 6.00. The van der Waals surface area contributed by atoms with Gasteiger partial charge in [-0.1, -0.05) is 6.07 Å². The van der Waals surface area contributed by atoms with Gasteiger partial charge >= 0.3 is 0 Å². The molecule has 3 rings (SSSR count). The summed E-state index contributed by atoms with van der Waals surface area (Å²) >= 11 is 0. The van der Waals surface area contributed by atoms with Gasteiger partial charge in [-0.3, -0.25) is 4.90 Å². The molecule has 2 heterocycles. The first-order valence-corrected chi connectivity index (χ1v) is 5.92. The van der Waals surface area contributed by atoms with E-state index >= 15 is 0 Å². The van der Waals surface area contributed by atoms with E-state index in [-0.39, 0.29) is 0 Å². The van der Waals surface area contributed by atoms with E-state index in [1.807, 2.05) is 12.1 Å². The molecule has 86 valence electrons. The van der Waals surface area contributed by atoms with Crippen molar-refractivity contribution in [2.45, 2.75) is 24.8 Å². The van der Waals surface area contributed by atoms with Gasteiger partial charge in [0.05, 0.1) is 6.04 Å². The van der Waals surface area contributed by atoms with Gasteiger partial charge < -0.3 is 9.84 Å². The molecule has 0 saturated carbocycles. The second kappa shape index (κ2) is 3.67. The van der Waals surface area contributed by atoms with Crippen molar-refractivity contribution in [2.24, 2.45) is 0 Å². The molecular weight excluding hydrogens is 202 g/mol. The Kier molecular flexibility index (Phi) is 2.28. The Balaban J connectivity index is 2.04. The molecule has 1 N–H and O–H groups in total. The summed E-state index contributed by atoms with van der Waals surface area (Å²) in [5.41, 5.74) is 1.02. The molecule has 2 aliphatic rings. The molecule has 2 aliphatic heterocycles. The molecule has 1 aromatic rings. The van der Waals surface area contributed by atoms with Crippen LogP contribution in [-0.4, -0.2) is 36.2 Å². The lowest BCUT2D eigenvalue weighted by atomic mass is 9.81. The molecule has 3 heteroatoms. The van der Waals surface area contributed by atoms with E-state index in [1.165, 1.54) is 6.42 Å². The van der Waals surface area contributed by atoms with Gasteiger partial charge in [-0.2, -0.15) is 0 Å². The monoisotopic (exact) mass is 219 g/mol. The highest BCUT2D eigenvalue weighted by molar-refractivity contribution is 5.48. The number of likely N-dealkylation sites (tertiary alicyclic amines) is 1. The van der Waals surface area contributed by atoms with Crippen molar-refractivity contribution in [2.75, 3.05) is 20.2 Å². The number of phenols is 1. The van der Waals surface area contributed by atoms with E-state index in [4.69, 9.17) is 4.74 Å². The Morgan fingerprint density at radius 1 is 1.44 bits per heavy atom. The Hall–Kier alpha value is -1.22. The third-order valence-electron chi connectivity index (χ3n) is 3.88. The van der Waals surface area contributed by atoms with Crippen molar-refractivity contribution in [1.29, 1.82) is 0 Å². The first-order chi connectivity index (χ1) is 7.77. The summed E-state index contributed by atoms with van der Waals surface area (Å²) < 4.78 is 5.74. The van der Waals surface area contributed by atoms with Crippen LogP contribution >= 0.6 is 0 Å². The zero-order valence-electron chi connectivity index (χ0n) is 9.52. The van der Waals surface area contributed by atoms with E-state index < -0.39 is 0 Å². The van der Waals surface area contributed by atoms with Gasteiger partial charge in [0.25, 0.3) is 0 Å². The van der Waals surface area contributed by atoms with Gasteiger partial charge in [-0.05, 0) is 38.6 Å². The van der Waals surface area contributed by atoms with Crippen LogP contribution in [0.5, 0.6) is 11.5 Å². The smallest absolute Gasteiger partial charge is 0.126 e. The minimum absolute atomic E-state index is 0.391. The van der Waals surface area contributed by atoms with Gasteiger partial charge in [0, 0.05) is 11.5 Å². The van der Waals surface area contributed by atoms with Crippen molar-refractivity contribution in [1.82, 2.24) is 4.90 Å². The van der Waals surface area contributed by atoms with Crippen LogP contribution < -0.4 is 4.74 Å². The molecule has 0 spiro atoms. The fourth-order valence-corrected chi connectivity index (χ4v) is 3.01. The number of hydrogen-bond donors (Lipinski definition) is 1. The molecule has 0 radical (unpaired) electrons. The van der Waals surface area contributed by atoms with E-state index in [0.717, 1.165) is 30.9 Å². The van der Waals surface area contributed by atoms with Crippen molar-refractivity contribution in [3.8, 4) is 11.5 Å². The maximum Gasteiger partial charge on any atom is 0.126 e. The van der Waals surface area contributed by atoms with E-state index in [2.05, 4.69) is 11.9 Å². The maximum atomic E-state index is 9.98. The third kappa shape index (κ3) is 1.39. The highest BCUT2D eigenvalue weighted by Gasteiger charge is 2.37.